The molecule has 1 heterocycles. The Morgan fingerprint density at radius 2 is 2.06 bits per heavy atom. The Kier molecular flexibility index (Phi) is 7.36. The third-order valence-electron chi connectivity index (χ3n) is 2.71. The minimum Gasteiger partial charge on any atom is -0.326 e. The highest BCUT2D eigenvalue weighted by atomic mass is 35.5. The number of nitrogens with one attached hydrogen (secondary N) is 1. The van der Waals surface area contributed by atoms with E-state index in [4.69, 9.17) is 17.3 Å². The molecule has 3 N–H and O–H groups in total. The van der Waals surface area contributed by atoms with Crippen molar-refractivity contribution in [2.45, 2.75) is 24.9 Å². The summed E-state index contributed by atoms with van der Waals surface area (Å²) < 4.78 is 0. The molecule has 1 aromatic carbocycles. The number of halogens is 3. The van der Waals surface area contributed by atoms with Crippen LogP contribution in [-0.4, -0.2) is 12.6 Å². The van der Waals surface area contributed by atoms with Crippen LogP contribution in [0.2, 0.25) is 5.02 Å². The molecule has 0 unspecified atom stereocenters. The molecule has 1 saturated heterocycles. The van der Waals surface area contributed by atoms with E-state index >= 15 is 0 Å². The Labute approximate surface area is 114 Å². The minimum atomic E-state index is 0. The van der Waals surface area contributed by atoms with E-state index in [1.165, 1.54) is 5.56 Å². The van der Waals surface area contributed by atoms with E-state index in [-0.39, 0.29) is 36.9 Å². The van der Waals surface area contributed by atoms with Gasteiger partial charge in [0.05, 0.1) is 0 Å². The fourth-order valence-electron chi connectivity index (χ4n) is 1.98. The van der Waals surface area contributed by atoms with Crippen molar-refractivity contribution in [3.05, 3.63) is 34.9 Å². The van der Waals surface area contributed by atoms with Gasteiger partial charge < -0.3 is 11.1 Å². The van der Waals surface area contributed by atoms with Crippen LogP contribution >= 0.6 is 36.4 Å². The molecule has 5 heteroatoms. The van der Waals surface area contributed by atoms with Crippen molar-refractivity contribution in [2.24, 2.45) is 5.73 Å². The summed E-state index contributed by atoms with van der Waals surface area (Å²) in [6, 6.07) is 8.41. The lowest BCUT2D eigenvalue weighted by Crippen LogP contribution is -2.42. The van der Waals surface area contributed by atoms with E-state index in [0.29, 0.717) is 0 Å². The van der Waals surface area contributed by atoms with E-state index in [1.807, 2.05) is 18.2 Å². The van der Waals surface area contributed by atoms with E-state index in [9.17, 15) is 0 Å². The van der Waals surface area contributed by atoms with Gasteiger partial charge in [-0.1, -0.05) is 23.7 Å². The molecular weight excluding hydrogens is 266 g/mol. The molecule has 0 spiro atoms. The summed E-state index contributed by atoms with van der Waals surface area (Å²) in [6.45, 7) is 1.05. The van der Waals surface area contributed by atoms with Crippen LogP contribution < -0.4 is 11.1 Å². The summed E-state index contributed by atoms with van der Waals surface area (Å²) in [4.78, 5) is 0. The summed E-state index contributed by atoms with van der Waals surface area (Å²) in [5, 5.41) is 4.21. The van der Waals surface area contributed by atoms with Crippen molar-refractivity contribution in [3.63, 3.8) is 0 Å². The van der Waals surface area contributed by atoms with Gasteiger partial charge in [-0.15, -0.1) is 24.8 Å². The lowest BCUT2D eigenvalue weighted by molar-refractivity contribution is 0.358. The summed E-state index contributed by atoms with van der Waals surface area (Å²) in [6.07, 6.45) is 2.25. The van der Waals surface area contributed by atoms with Gasteiger partial charge in [-0.05, 0) is 37.1 Å². The third-order valence-corrected chi connectivity index (χ3v) is 2.95. The smallest absolute Gasteiger partial charge is 0.0474 e. The van der Waals surface area contributed by atoms with Crippen LogP contribution in [0.3, 0.4) is 0 Å². The maximum Gasteiger partial charge on any atom is 0.0474 e. The molecule has 92 valence electrons. The highest BCUT2D eigenvalue weighted by Gasteiger charge is 2.22. The Morgan fingerprint density at radius 3 is 2.69 bits per heavy atom. The Hall–Kier alpha value is 0.01000. The quantitative estimate of drug-likeness (QED) is 0.832. The fraction of sp³-hybridized carbons (Fsp3) is 0.455. The first-order valence-corrected chi connectivity index (χ1v) is 5.39. The van der Waals surface area contributed by atoms with Gasteiger partial charge in [0.2, 0.25) is 0 Å². The standard InChI is InChI=1S/C11H15ClN2.2ClH/c12-9-4-1-3-8(7-9)11-10(13)5-2-6-14-11;;/h1,3-4,7,10-11,14H,2,5-6,13H2;2*1H/t10-,11-;;/m0../s1. The zero-order valence-corrected chi connectivity index (χ0v) is 11.2. The second-order valence-electron chi connectivity index (χ2n) is 3.79. The van der Waals surface area contributed by atoms with Crippen LogP contribution in [0.1, 0.15) is 24.4 Å². The predicted molar refractivity (Wildman–Crippen MR) is 73.9 cm³/mol. The van der Waals surface area contributed by atoms with Crippen molar-refractivity contribution < 1.29 is 0 Å². The van der Waals surface area contributed by atoms with Gasteiger partial charge in [0, 0.05) is 17.1 Å². The lowest BCUT2D eigenvalue weighted by atomic mass is 9.93. The first-order valence-electron chi connectivity index (χ1n) is 5.02. The van der Waals surface area contributed by atoms with Crippen LogP contribution in [0, 0.1) is 0 Å². The maximum absolute atomic E-state index is 6.06. The number of benzene rings is 1. The number of hydrogen-bond donors (Lipinski definition) is 2. The topological polar surface area (TPSA) is 38.0 Å². The van der Waals surface area contributed by atoms with Crippen LogP contribution in [0.25, 0.3) is 0 Å². The van der Waals surface area contributed by atoms with Gasteiger partial charge in [-0.2, -0.15) is 0 Å². The molecule has 16 heavy (non-hydrogen) atoms. The molecule has 1 aliphatic heterocycles. The number of rotatable bonds is 1. The second-order valence-corrected chi connectivity index (χ2v) is 4.23. The average molecular weight is 284 g/mol. The summed E-state index contributed by atoms with van der Waals surface area (Å²) in [5.74, 6) is 0. The van der Waals surface area contributed by atoms with Crippen LogP contribution in [0.15, 0.2) is 24.3 Å². The predicted octanol–water partition coefficient (Wildman–Crippen LogP) is 2.94. The van der Waals surface area contributed by atoms with Crippen molar-refractivity contribution in [3.8, 4) is 0 Å². The van der Waals surface area contributed by atoms with Crippen LogP contribution in [-0.2, 0) is 0 Å². The van der Waals surface area contributed by atoms with Crippen molar-refractivity contribution in [1.29, 1.82) is 0 Å². The van der Waals surface area contributed by atoms with Gasteiger partial charge in [0.15, 0.2) is 0 Å². The second kappa shape index (κ2) is 7.36. The van der Waals surface area contributed by atoms with Crippen LogP contribution in [0.5, 0.6) is 0 Å². The van der Waals surface area contributed by atoms with Gasteiger partial charge in [0.25, 0.3) is 0 Å². The van der Waals surface area contributed by atoms with Gasteiger partial charge in [-0.25, -0.2) is 0 Å². The molecule has 0 bridgehead atoms. The fourth-order valence-corrected chi connectivity index (χ4v) is 2.18. The van der Waals surface area contributed by atoms with Crippen LogP contribution in [0.4, 0.5) is 0 Å². The Bertz CT molecular complexity index is 320. The lowest BCUT2D eigenvalue weighted by Gasteiger charge is -2.30. The molecule has 2 atom stereocenters. The molecule has 1 fully saturated rings. The maximum atomic E-state index is 6.06. The average Bonchev–Trinajstić information content (AvgIpc) is 2.18. The Morgan fingerprint density at radius 1 is 1.31 bits per heavy atom. The highest BCUT2D eigenvalue weighted by molar-refractivity contribution is 6.30. The van der Waals surface area contributed by atoms with Gasteiger partial charge >= 0.3 is 0 Å². The molecule has 0 saturated carbocycles. The SMILES string of the molecule is Cl.Cl.N[C@H]1CCCN[C@H]1c1cccc(Cl)c1. The largest absolute Gasteiger partial charge is 0.326 e. The molecule has 0 aromatic heterocycles. The van der Waals surface area contributed by atoms with E-state index in [1.54, 1.807) is 0 Å². The summed E-state index contributed by atoms with van der Waals surface area (Å²) >= 11 is 5.94. The first kappa shape index (κ1) is 16.0. The van der Waals surface area contributed by atoms with E-state index < -0.39 is 0 Å². The molecule has 1 aromatic rings. The summed E-state index contributed by atoms with van der Waals surface area (Å²) in [5.41, 5.74) is 7.25. The number of piperidine rings is 1. The first-order chi connectivity index (χ1) is 6.77. The van der Waals surface area contributed by atoms with Gasteiger partial charge in [-0.3, -0.25) is 0 Å². The molecule has 0 amide bonds. The Balaban J connectivity index is 0.00000112. The monoisotopic (exact) mass is 282 g/mol. The molecule has 2 rings (SSSR count). The normalized spacial score (nSPS) is 24.1. The van der Waals surface area contributed by atoms with Crippen molar-refractivity contribution in [1.82, 2.24) is 5.32 Å². The third kappa shape index (κ3) is 3.79. The summed E-state index contributed by atoms with van der Waals surface area (Å²) in [7, 11) is 0. The minimum absolute atomic E-state index is 0. The molecule has 0 aliphatic carbocycles. The van der Waals surface area contributed by atoms with Crippen molar-refractivity contribution >= 4 is 36.4 Å². The molecule has 0 radical (unpaired) electrons. The molecule has 1 aliphatic rings. The highest BCUT2D eigenvalue weighted by Crippen LogP contribution is 2.24. The van der Waals surface area contributed by atoms with Crippen molar-refractivity contribution in [2.75, 3.05) is 6.54 Å². The number of hydrogen-bond acceptors (Lipinski definition) is 2. The van der Waals surface area contributed by atoms with E-state index in [0.717, 1.165) is 24.4 Å². The van der Waals surface area contributed by atoms with E-state index in [2.05, 4.69) is 11.4 Å². The molecular formula is C11H17Cl3N2. The molecule has 2 nitrogen and oxygen atoms in total. The zero-order valence-electron chi connectivity index (χ0n) is 8.86. The zero-order chi connectivity index (χ0) is 9.97. The number of nitrogens with two attached hydrogens (primary N) is 1. The van der Waals surface area contributed by atoms with Gasteiger partial charge in [0.1, 0.15) is 0 Å².